The van der Waals surface area contributed by atoms with Gasteiger partial charge in [0.1, 0.15) is 0 Å². The summed E-state index contributed by atoms with van der Waals surface area (Å²) in [4.78, 5) is 2.35. The maximum Gasteiger partial charge on any atom is 0.0718 e. The van der Waals surface area contributed by atoms with Gasteiger partial charge in [-0.2, -0.15) is 0 Å². The molecule has 0 bridgehead atoms. The van der Waals surface area contributed by atoms with Gasteiger partial charge in [-0.25, -0.2) is 0 Å². The molecular weight excluding hydrogens is 168 g/mol. The van der Waals surface area contributed by atoms with Crippen LogP contribution in [0, 0.1) is 0 Å². The molecule has 2 unspecified atom stereocenters. The second-order valence-corrected chi connectivity index (χ2v) is 3.56. The first-order chi connectivity index (χ1) is 6.26. The van der Waals surface area contributed by atoms with Crippen molar-refractivity contribution in [3.63, 3.8) is 0 Å². The highest BCUT2D eigenvalue weighted by molar-refractivity contribution is 4.74. The quantitative estimate of drug-likeness (QED) is 0.619. The molecule has 1 heterocycles. The van der Waals surface area contributed by atoms with Crippen LogP contribution in [0.15, 0.2) is 0 Å². The number of nitrogens with zero attached hydrogens (tertiary/aromatic N) is 1. The number of nitrogens with two attached hydrogens (primary N) is 1. The Bertz CT molecular complexity index is 142. The van der Waals surface area contributed by atoms with Crippen molar-refractivity contribution in [1.29, 1.82) is 0 Å². The topological polar surface area (TPSA) is 58.7 Å². The molecule has 1 aliphatic heterocycles. The summed E-state index contributed by atoms with van der Waals surface area (Å²) in [6.45, 7) is 6.01. The van der Waals surface area contributed by atoms with E-state index in [9.17, 15) is 0 Å². The third-order valence-electron chi connectivity index (χ3n) is 2.47. The van der Waals surface area contributed by atoms with Crippen molar-refractivity contribution in [2.24, 2.45) is 5.73 Å². The van der Waals surface area contributed by atoms with Crippen LogP contribution in [0.2, 0.25) is 0 Å². The van der Waals surface area contributed by atoms with Crippen LogP contribution < -0.4 is 5.73 Å². The Morgan fingerprint density at radius 1 is 1.69 bits per heavy atom. The van der Waals surface area contributed by atoms with Gasteiger partial charge < -0.3 is 15.6 Å². The van der Waals surface area contributed by atoms with E-state index < -0.39 is 0 Å². The predicted octanol–water partition coefficient (Wildman–Crippen LogP) is -0.583. The Morgan fingerprint density at radius 2 is 2.46 bits per heavy atom. The fourth-order valence-corrected chi connectivity index (χ4v) is 1.62. The van der Waals surface area contributed by atoms with Gasteiger partial charge in [0.2, 0.25) is 0 Å². The van der Waals surface area contributed by atoms with E-state index in [1.54, 1.807) is 0 Å². The zero-order valence-corrected chi connectivity index (χ0v) is 8.28. The SMILES string of the molecule is CCN1CCOC(CC(N)CO)C1. The molecule has 78 valence electrons. The Kier molecular flexibility index (Phi) is 4.66. The minimum absolute atomic E-state index is 0.0476. The van der Waals surface area contributed by atoms with E-state index in [1.807, 2.05) is 0 Å². The predicted molar refractivity (Wildman–Crippen MR) is 51.5 cm³/mol. The van der Waals surface area contributed by atoms with Gasteiger partial charge in [0.05, 0.1) is 19.3 Å². The largest absolute Gasteiger partial charge is 0.395 e. The maximum absolute atomic E-state index is 8.79. The summed E-state index contributed by atoms with van der Waals surface area (Å²) in [5.74, 6) is 0. The van der Waals surface area contributed by atoms with E-state index >= 15 is 0 Å². The molecule has 0 aromatic heterocycles. The van der Waals surface area contributed by atoms with Crippen molar-refractivity contribution in [3.05, 3.63) is 0 Å². The minimum Gasteiger partial charge on any atom is -0.395 e. The molecule has 3 N–H and O–H groups in total. The number of hydrogen-bond acceptors (Lipinski definition) is 4. The smallest absolute Gasteiger partial charge is 0.0718 e. The van der Waals surface area contributed by atoms with Gasteiger partial charge in [0.15, 0.2) is 0 Å². The van der Waals surface area contributed by atoms with E-state index in [0.717, 1.165) is 32.7 Å². The first kappa shape index (κ1) is 10.9. The summed E-state index contributed by atoms with van der Waals surface area (Å²) in [5.41, 5.74) is 5.64. The zero-order chi connectivity index (χ0) is 9.68. The van der Waals surface area contributed by atoms with Crippen molar-refractivity contribution in [2.45, 2.75) is 25.5 Å². The van der Waals surface area contributed by atoms with Crippen LogP contribution in [0.4, 0.5) is 0 Å². The van der Waals surface area contributed by atoms with Crippen LogP contribution in [-0.2, 0) is 4.74 Å². The molecule has 0 amide bonds. The minimum atomic E-state index is -0.137. The van der Waals surface area contributed by atoms with Crippen LogP contribution in [0.5, 0.6) is 0 Å². The summed E-state index contributed by atoms with van der Waals surface area (Å²) in [5, 5.41) is 8.79. The Hall–Kier alpha value is -0.160. The normalized spacial score (nSPS) is 27.5. The number of aliphatic hydroxyl groups is 1. The van der Waals surface area contributed by atoms with E-state index in [4.69, 9.17) is 15.6 Å². The Balaban J connectivity index is 2.25. The van der Waals surface area contributed by atoms with Crippen molar-refractivity contribution in [2.75, 3.05) is 32.8 Å². The summed E-state index contributed by atoms with van der Waals surface area (Å²) in [6.07, 6.45) is 0.961. The Morgan fingerprint density at radius 3 is 3.08 bits per heavy atom. The van der Waals surface area contributed by atoms with Crippen molar-refractivity contribution in [3.8, 4) is 0 Å². The van der Waals surface area contributed by atoms with Crippen LogP contribution in [-0.4, -0.2) is 55.0 Å². The lowest BCUT2D eigenvalue weighted by atomic mass is 10.1. The maximum atomic E-state index is 8.79. The number of aliphatic hydroxyl groups excluding tert-OH is 1. The molecule has 4 heteroatoms. The fraction of sp³-hybridized carbons (Fsp3) is 1.00. The second kappa shape index (κ2) is 5.54. The van der Waals surface area contributed by atoms with Crippen molar-refractivity contribution >= 4 is 0 Å². The number of ether oxygens (including phenoxy) is 1. The van der Waals surface area contributed by atoms with Gasteiger partial charge in [0.25, 0.3) is 0 Å². The number of rotatable bonds is 4. The fourth-order valence-electron chi connectivity index (χ4n) is 1.62. The molecule has 0 aromatic rings. The lowest BCUT2D eigenvalue weighted by molar-refractivity contribution is -0.0350. The molecule has 1 saturated heterocycles. The highest BCUT2D eigenvalue weighted by atomic mass is 16.5. The molecule has 1 aliphatic rings. The van der Waals surface area contributed by atoms with E-state index in [0.29, 0.717) is 0 Å². The number of hydrogen-bond donors (Lipinski definition) is 2. The third-order valence-corrected chi connectivity index (χ3v) is 2.47. The van der Waals surface area contributed by atoms with Crippen molar-refractivity contribution < 1.29 is 9.84 Å². The van der Waals surface area contributed by atoms with Gasteiger partial charge in [0, 0.05) is 19.1 Å². The molecule has 4 nitrogen and oxygen atoms in total. The second-order valence-electron chi connectivity index (χ2n) is 3.56. The summed E-state index contributed by atoms with van der Waals surface area (Å²) >= 11 is 0. The van der Waals surface area contributed by atoms with Gasteiger partial charge in [-0.3, -0.25) is 4.90 Å². The van der Waals surface area contributed by atoms with Gasteiger partial charge in [-0.15, -0.1) is 0 Å². The van der Waals surface area contributed by atoms with E-state index in [2.05, 4.69) is 11.8 Å². The molecular formula is C9H20N2O2. The van der Waals surface area contributed by atoms with Crippen LogP contribution in [0.3, 0.4) is 0 Å². The van der Waals surface area contributed by atoms with Crippen molar-refractivity contribution in [1.82, 2.24) is 4.90 Å². The summed E-state index contributed by atoms with van der Waals surface area (Å²) < 4.78 is 5.55. The molecule has 0 aromatic carbocycles. The standard InChI is InChI=1S/C9H20N2O2/c1-2-11-3-4-13-9(6-11)5-8(10)7-12/h8-9,12H,2-7,10H2,1H3. The lowest BCUT2D eigenvalue weighted by Gasteiger charge is -2.33. The van der Waals surface area contributed by atoms with Crippen LogP contribution in [0.25, 0.3) is 0 Å². The molecule has 1 fully saturated rings. The molecule has 2 atom stereocenters. The first-order valence-electron chi connectivity index (χ1n) is 4.96. The number of morpholine rings is 1. The van der Waals surface area contributed by atoms with Crippen LogP contribution in [0.1, 0.15) is 13.3 Å². The molecule has 0 spiro atoms. The molecule has 1 rings (SSSR count). The Labute approximate surface area is 79.7 Å². The molecule has 0 aliphatic carbocycles. The van der Waals surface area contributed by atoms with Crippen LogP contribution >= 0.6 is 0 Å². The monoisotopic (exact) mass is 188 g/mol. The van der Waals surface area contributed by atoms with E-state index in [1.165, 1.54) is 0 Å². The van der Waals surface area contributed by atoms with Gasteiger partial charge in [-0.1, -0.05) is 6.92 Å². The van der Waals surface area contributed by atoms with Gasteiger partial charge >= 0.3 is 0 Å². The average Bonchev–Trinajstić information content (AvgIpc) is 2.18. The average molecular weight is 188 g/mol. The highest BCUT2D eigenvalue weighted by Gasteiger charge is 2.20. The lowest BCUT2D eigenvalue weighted by Crippen LogP contribution is -2.45. The highest BCUT2D eigenvalue weighted by Crippen LogP contribution is 2.09. The number of likely N-dealkylation sites (N-methyl/N-ethyl adjacent to an activating group) is 1. The summed E-state index contributed by atoms with van der Waals surface area (Å²) in [6, 6.07) is -0.137. The molecule has 13 heavy (non-hydrogen) atoms. The summed E-state index contributed by atoms with van der Waals surface area (Å²) in [7, 11) is 0. The first-order valence-corrected chi connectivity index (χ1v) is 4.96. The molecule has 0 radical (unpaired) electrons. The van der Waals surface area contributed by atoms with E-state index in [-0.39, 0.29) is 18.8 Å². The molecule has 0 saturated carbocycles. The third kappa shape index (κ3) is 3.60. The van der Waals surface area contributed by atoms with Gasteiger partial charge in [-0.05, 0) is 13.0 Å². The zero-order valence-electron chi connectivity index (χ0n) is 8.28.